The van der Waals surface area contributed by atoms with E-state index in [1.165, 1.54) is 4.70 Å². The zero-order chi connectivity index (χ0) is 17.3. The van der Waals surface area contributed by atoms with Gasteiger partial charge in [-0.1, -0.05) is 23.5 Å². The van der Waals surface area contributed by atoms with Crippen LogP contribution < -0.4 is 9.80 Å². The molecule has 5 rings (SSSR count). The zero-order valence-electron chi connectivity index (χ0n) is 14.1. The Balaban J connectivity index is 1.32. The van der Waals surface area contributed by atoms with Crippen molar-refractivity contribution in [3.63, 3.8) is 0 Å². The summed E-state index contributed by atoms with van der Waals surface area (Å²) < 4.78 is 2.99. The first-order valence-electron chi connectivity index (χ1n) is 8.54. The minimum Gasteiger partial charge on any atom is -0.353 e. The number of fused-ring (bicyclic) bond motifs is 1. The number of nitrogens with zero attached hydrogens (tertiary/aromatic N) is 7. The second-order valence-electron chi connectivity index (χ2n) is 6.12. The van der Waals surface area contributed by atoms with E-state index in [2.05, 4.69) is 43.1 Å². The average Bonchev–Trinajstić information content (AvgIpc) is 3.38. The number of piperazine rings is 1. The van der Waals surface area contributed by atoms with Crippen LogP contribution in [-0.2, 0) is 0 Å². The quantitative estimate of drug-likeness (QED) is 0.558. The summed E-state index contributed by atoms with van der Waals surface area (Å²) >= 11 is 1.76. The Morgan fingerprint density at radius 3 is 2.50 bits per heavy atom. The second kappa shape index (κ2) is 6.38. The SMILES string of the molecule is c1ccc2sc(N3CCN(c4cc(-n5cccn5)ncn4)CC3)nc2c1. The molecule has 8 heteroatoms. The number of anilines is 2. The van der Waals surface area contributed by atoms with Crippen LogP contribution in [-0.4, -0.2) is 50.9 Å². The first-order chi connectivity index (χ1) is 12.9. The van der Waals surface area contributed by atoms with Gasteiger partial charge in [-0.15, -0.1) is 0 Å². The van der Waals surface area contributed by atoms with E-state index in [1.807, 2.05) is 24.4 Å². The van der Waals surface area contributed by atoms with Crippen molar-refractivity contribution < 1.29 is 0 Å². The number of hydrogen-bond acceptors (Lipinski definition) is 7. The molecule has 1 fully saturated rings. The minimum absolute atomic E-state index is 0.786. The van der Waals surface area contributed by atoms with Crippen LogP contribution in [0.15, 0.2) is 55.1 Å². The number of rotatable bonds is 3. The van der Waals surface area contributed by atoms with Gasteiger partial charge in [-0.2, -0.15) is 5.10 Å². The van der Waals surface area contributed by atoms with Crippen LogP contribution >= 0.6 is 11.3 Å². The number of para-hydroxylation sites is 1. The molecule has 3 aromatic heterocycles. The van der Waals surface area contributed by atoms with Crippen LogP contribution in [0, 0.1) is 0 Å². The third-order valence-corrected chi connectivity index (χ3v) is 5.63. The minimum atomic E-state index is 0.786. The number of aromatic nitrogens is 5. The molecular formula is C18H17N7S. The van der Waals surface area contributed by atoms with Gasteiger partial charge in [0.15, 0.2) is 10.9 Å². The van der Waals surface area contributed by atoms with Crippen LogP contribution in [0.5, 0.6) is 0 Å². The predicted octanol–water partition coefficient (Wildman–Crippen LogP) is 2.60. The highest BCUT2D eigenvalue weighted by molar-refractivity contribution is 7.22. The molecule has 4 aromatic rings. The maximum atomic E-state index is 4.77. The molecular weight excluding hydrogens is 346 g/mol. The Bertz CT molecular complexity index is 986. The Kier molecular flexibility index (Phi) is 3.75. The molecule has 4 heterocycles. The van der Waals surface area contributed by atoms with Crippen molar-refractivity contribution in [3.8, 4) is 5.82 Å². The van der Waals surface area contributed by atoms with Gasteiger partial charge in [0, 0.05) is 44.6 Å². The summed E-state index contributed by atoms with van der Waals surface area (Å²) in [5.74, 6) is 1.73. The summed E-state index contributed by atoms with van der Waals surface area (Å²) in [4.78, 5) is 18.2. The smallest absolute Gasteiger partial charge is 0.186 e. The maximum absolute atomic E-state index is 4.77. The molecule has 1 aliphatic heterocycles. The molecule has 0 N–H and O–H groups in total. The summed E-state index contributed by atoms with van der Waals surface area (Å²) in [6.45, 7) is 3.68. The standard InChI is InChI=1S/C18H17N7S/c1-2-5-15-14(4-1)22-18(26-15)24-10-8-23(9-11-24)16-12-17(20-13-19-16)25-7-3-6-21-25/h1-7,12-13H,8-11H2. The van der Waals surface area contributed by atoms with E-state index >= 15 is 0 Å². The number of benzene rings is 1. The Labute approximate surface area is 154 Å². The van der Waals surface area contributed by atoms with E-state index in [0.29, 0.717) is 0 Å². The lowest BCUT2D eigenvalue weighted by atomic mass is 10.3. The van der Waals surface area contributed by atoms with Crippen LogP contribution in [0.4, 0.5) is 10.9 Å². The van der Waals surface area contributed by atoms with Gasteiger partial charge in [0.25, 0.3) is 0 Å². The van der Waals surface area contributed by atoms with E-state index in [1.54, 1.807) is 28.5 Å². The van der Waals surface area contributed by atoms with Gasteiger partial charge < -0.3 is 9.80 Å². The molecule has 0 aliphatic carbocycles. The Morgan fingerprint density at radius 2 is 1.69 bits per heavy atom. The topological polar surface area (TPSA) is 63.0 Å². The van der Waals surface area contributed by atoms with E-state index in [4.69, 9.17) is 4.98 Å². The van der Waals surface area contributed by atoms with Crippen molar-refractivity contribution in [1.29, 1.82) is 0 Å². The Morgan fingerprint density at radius 1 is 0.885 bits per heavy atom. The molecule has 26 heavy (non-hydrogen) atoms. The van der Waals surface area contributed by atoms with Crippen molar-refractivity contribution in [3.05, 3.63) is 55.1 Å². The fourth-order valence-electron chi connectivity index (χ4n) is 3.16. The molecule has 0 amide bonds. The third-order valence-electron chi connectivity index (χ3n) is 4.53. The summed E-state index contributed by atoms with van der Waals surface area (Å²) in [5, 5.41) is 5.34. The lowest BCUT2D eigenvalue weighted by Crippen LogP contribution is -2.46. The number of thiazole rings is 1. The fourth-order valence-corrected chi connectivity index (χ4v) is 4.18. The first-order valence-corrected chi connectivity index (χ1v) is 9.36. The van der Waals surface area contributed by atoms with Crippen LogP contribution in [0.1, 0.15) is 0 Å². The van der Waals surface area contributed by atoms with Gasteiger partial charge in [-0.25, -0.2) is 19.6 Å². The predicted molar refractivity (Wildman–Crippen MR) is 103 cm³/mol. The Hall–Kier alpha value is -3.00. The van der Waals surface area contributed by atoms with E-state index in [0.717, 1.165) is 48.5 Å². The lowest BCUT2D eigenvalue weighted by Gasteiger charge is -2.35. The number of hydrogen-bond donors (Lipinski definition) is 0. The van der Waals surface area contributed by atoms with Gasteiger partial charge in [-0.3, -0.25) is 0 Å². The normalized spacial score (nSPS) is 14.9. The van der Waals surface area contributed by atoms with Crippen molar-refractivity contribution in [2.45, 2.75) is 0 Å². The molecule has 0 radical (unpaired) electrons. The van der Waals surface area contributed by atoms with E-state index in [9.17, 15) is 0 Å². The van der Waals surface area contributed by atoms with Crippen molar-refractivity contribution in [1.82, 2.24) is 24.7 Å². The molecule has 1 saturated heterocycles. The largest absolute Gasteiger partial charge is 0.353 e. The first kappa shape index (κ1) is 15.3. The summed E-state index contributed by atoms with van der Waals surface area (Å²) in [5.41, 5.74) is 1.08. The molecule has 0 unspecified atom stereocenters. The molecule has 1 aromatic carbocycles. The molecule has 0 saturated carbocycles. The van der Waals surface area contributed by atoms with Crippen molar-refractivity contribution in [2.75, 3.05) is 36.0 Å². The van der Waals surface area contributed by atoms with Gasteiger partial charge in [-0.05, 0) is 18.2 Å². The molecule has 0 atom stereocenters. The van der Waals surface area contributed by atoms with Crippen molar-refractivity contribution >= 4 is 32.5 Å². The average molecular weight is 363 g/mol. The third kappa shape index (κ3) is 2.78. The molecule has 0 bridgehead atoms. The highest BCUT2D eigenvalue weighted by Crippen LogP contribution is 2.29. The van der Waals surface area contributed by atoms with Gasteiger partial charge in [0.2, 0.25) is 0 Å². The van der Waals surface area contributed by atoms with Crippen molar-refractivity contribution in [2.24, 2.45) is 0 Å². The van der Waals surface area contributed by atoms with Crippen LogP contribution in [0.2, 0.25) is 0 Å². The molecule has 130 valence electrons. The highest BCUT2D eigenvalue weighted by atomic mass is 32.1. The molecule has 7 nitrogen and oxygen atoms in total. The monoisotopic (exact) mass is 363 g/mol. The summed E-state index contributed by atoms with van der Waals surface area (Å²) in [6, 6.07) is 12.2. The van der Waals surface area contributed by atoms with E-state index in [-0.39, 0.29) is 0 Å². The van der Waals surface area contributed by atoms with Crippen LogP contribution in [0.25, 0.3) is 16.0 Å². The van der Waals surface area contributed by atoms with Gasteiger partial charge >= 0.3 is 0 Å². The molecule has 1 aliphatic rings. The summed E-state index contributed by atoms with van der Waals surface area (Å²) in [7, 11) is 0. The zero-order valence-corrected chi connectivity index (χ0v) is 14.9. The van der Waals surface area contributed by atoms with Crippen LogP contribution in [0.3, 0.4) is 0 Å². The highest BCUT2D eigenvalue weighted by Gasteiger charge is 2.21. The second-order valence-corrected chi connectivity index (χ2v) is 7.13. The lowest BCUT2D eigenvalue weighted by molar-refractivity contribution is 0.645. The maximum Gasteiger partial charge on any atom is 0.186 e. The van der Waals surface area contributed by atoms with Gasteiger partial charge in [0.05, 0.1) is 10.2 Å². The fraction of sp³-hybridized carbons (Fsp3) is 0.222. The van der Waals surface area contributed by atoms with E-state index < -0.39 is 0 Å². The molecule has 0 spiro atoms. The summed E-state index contributed by atoms with van der Waals surface area (Å²) in [6.07, 6.45) is 5.24. The van der Waals surface area contributed by atoms with Gasteiger partial charge in [0.1, 0.15) is 12.1 Å².